The molecule has 1 amide bonds. The second-order valence-electron chi connectivity index (χ2n) is 5.06. The minimum absolute atomic E-state index is 0.0990. The van der Waals surface area contributed by atoms with Crippen LogP contribution in [-0.4, -0.2) is 22.2 Å². The summed E-state index contributed by atoms with van der Waals surface area (Å²) in [5.74, 6) is -0.0990. The minimum atomic E-state index is -0.0990. The Hall–Kier alpha value is -2.30. The summed E-state index contributed by atoms with van der Waals surface area (Å²) in [5.41, 5.74) is 10.2. The van der Waals surface area contributed by atoms with Crippen LogP contribution < -0.4 is 11.1 Å². The molecule has 106 valence electrons. The van der Waals surface area contributed by atoms with Crippen molar-refractivity contribution in [3.8, 4) is 0 Å². The Balaban J connectivity index is 1.97. The third-order valence-electron chi connectivity index (χ3n) is 3.25. The number of aryl methyl sites for hydroxylation is 3. The molecule has 0 saturated heterocycles. The van der Waals surface area contributed by atoms with Gasteiger partial charge >= 0.3 is 0 Å². The summed E-state index contributed by atoms with van der Waals surface area (Å²) < 4.78 is 1.81. The molecule has 0 radical (unpaired) electrons. The first-order valence-corrected chi connectivity index (χ1v) is 6.61. The number of nitrogens with two attached hydrogens (primary N) is 1. The van der Waals surface area contributed by atoms with Gasteiger partial charge in [-0.3, -0.25) is 9.48 Å². The zero-order chi connectivity index (χ0) is 14.7. The monoisotopic (exact) mass is 272 g/mol. The van der Waals surface area contributed by atoms with Gasteiger partial charge in [-0.2, -0.15) is 5.10 Å². The van der Waals surface area contributed by atoms with Crippen molar-refractivity contribution in [2.24, 2.45) is 0 Å². The summed E-state index contributed by atoms with van der Waals surface area (Å²) in [6.45, 7) is 7.02. The molecule has 0 saturated carbocycles. The van der Waals surface area contributed by atoms with Crippen molar-refractivity contribution in [2.45, 2.75) is 27.3 Å². The van der Waals surface area contributed by atoms with Gasteiger partial charge in [0.2, 0.25) is 0 Å². The molecule has 0 aliphatic carbocycles. The second-order valence-corrected chi connectivity index (χ2v) is 5.06. The van der Waals surface area contributed by atoms with Crippen LogP contribution in [0.15, 0.2) is 24.5 Å². The molecular formula is C15H20N4O. The predicted octanol–water partition coefficient (Wildman–Crippen LogP) is 1.82. The lowest BCUT2D eigenvalue weighted by molar-refractivity contribution is 0.0951. The zero-order valence-electron chi connectivity index (χ0n) is 12.1. The first-order valence-electron chi connectivity index (χ1n) is 6.61. The molecule has 2 aromatic rings. The highest BCUT2D eigenvalue weighted by molar-refractivity contribution is 5.96. The van der Waals surface area contributed by atoms with Gasteiger partial charge in [0, 0.05) is 24.0 Å². The molecule has 1 aromatic carbocycles. The number of nitrogens with one attached hydrogen (secondary N) is 1. The van der Waals surface area contributed by atoms with Gasteiger partial charge in [0.15, 0.2) is 0 Å². The van der Waals surface area contributed by atoms with Crippen LogP contribution in [0.25, 0.3) is 0 Å². The molecule has 5 heteroatoms. The number of anilines is 1. The Morgan fingerprint density at radius 2 is 2.05 bits per heavy atom. The van der Waals surface area contributed by atoms with Gasteiger partial charge in [-0.25, -0.2) is 0 Å². The van der Waals surface area contributed by atoms with Gasteiger partial charge < -0.3 is 11.1 Å². The highest BCUT2D eigenvalue weighted by Crippen LogP contribution is 2.17. The highest BCUT2D eigenvalue weighted by atomic mass is 16.1. The summed E-state index contributed by atoms with van der Waals surface area (Å²) in [7, 11) is 0. The summed E-state index contributed by atoms with van der Waals surface area (Å²) >= 11 is 0. The van der Waals surface area contributed by atoms with Crippen molar-refractivity contribution in [3.05, 3.63) is 46.8 Å². The number of carbonyl (C=O) groups is 1. The molecule has 20 heavy (non-hydrogen) atoms. The van der Waals surface area contributed by atoms with Crippen LogP contribution in [0, 0.1) is 20.8 Å². The average Bonchev–Trinajstić information content (AvgIpc) is 2.79. The molecule has 1 aromatic heterocycles. The van der Waals surface area contributed by atoms with Gasteiger partial charge in [0.25, 0.3) is 5.91 Å². The number of nitrogen functional groups attached to an aromatic ring is 1. The predicted molar refractivity (Wildman–Crippen MR) is 79.6 cm³/mol. The first kappa shape index (κ1) is 14.1. The van der Waals surface area contributed by atoms with E-state index in [2.05, 4.69) is 10.4 Å². The highest BCUT2D eigenvalue weighted by Gasteiger charge is 2.10. The third kappa shape index (κ3) is 3.17. The first-order chi connectivity index (χ1) is 9.47. The van der Waals surface area contributed by atoms with E-state index in [1.54, 1.807) is 12.3 Å². The molecule has 0 spiro atoms. The van der Waals surface area contributed by atoms with Crippen molar-refractivity contribution in [3.63, 3.8) is 0 Å². The zero-order valence-corrected chi connectivity index (χ0v) is 12.1. The van der Waals surface area contributed by atoms with E-state index in [1.165, 1.54) is 0 Å². The molecule has 0 aliphatic rings. The number of benzene rings is 1. The number of hydrogen-bond acceptors (Lipinski definition) is 3. The normalized spacial score (nSPS) is 10.6. The Morgan fingerprint density at radius 1 is 1.30 bits per heavy atom. The molecule has 0 atom stereocenters. The van der Waals surface area contributed by atoms with Crippen LogP contribution in [0.2, 0.25) is 0 Å². The number of rotatable bonds is 4. The van der Waals surface area contributed by atoms with Gasteiger partial charge in [0.05, 0.1) is 12.7 Å². The Labute approximate surface area is 118 Å². The molecule has 0 aliphatic heterocycles. The van der Waals surface area contributed by atoms with Gasteiger partial charge in [-0.05, 0) is 43.5 Å². The van der Waals surface area contributed by atoms with E-state index in [0.717, 1.165) is 16.7 Å². The number of nitrogens with zero attached hydrogens (tertiary/aromatic N) is 2. The molecule has 0 fully saturated rings. The van der Waals surface area contributed by atoms with Gasteiger partial charge in [-0.1, -0.05) is 6.07 Å². The molecule has 5 nitrogen and oxygen atoms in total. The van der Waals surface area contributed by atoms with Crippen molar-refractivity contribution >= 4 is 11.6 Å². The van der Waals surface area contributed by atoms with E-state index in [9.17, 15) is 4.79 Å². The minimum Gasteiger partial charge on any atom is -0.398 e. The molecule has 0 unspecified atom stereocenters. The lowest BCUT2D eigenvalue weighted by atomic mass is 10.0. The number of aromatic nitrogens is 2. The topological polar surface area (TPSA) is 72.9 Å². The van der Waals surface area contributed by atoms with Crippen LogP contribution in [0.4, 0.5) is 5.69 Å². The summed E-state index contributed by atoms with van der Waals surface area (Å²) in [6, 6.07) is 3.67. The van der Waals surface area contributed by atoms with Crippen LogP contribution >= 0.6 is 0 Å². The van der Waals surface area contributed by atoms with Crippen LogP contribution in [0.5, 0.6) is 0 Å². The van der Waals surface area contributed by atoms with Crippen LogP contribution in [0.3, 0.4) is 0 Å². The molecule has 0 bridgehead atoms. The van der Waals surface area contributed by atoms with E-state index < -0.39 is 0 Å². The SMILES string of the molecule is Cc1cnn(CCNC(=O)c2cc(N)c(C)cc2C)c1. The number of amides is 1. The van der Waals surface area contributed by atoms with Gasteiger partial charge in [0.1, 0.15) is 0 Å². The number of carbonyl (C=O) groups excluding carboxylic acids is 1. The van der Waals surface area contributed by atoms with E-state index >= 15 is 0 Å². The lowest BCUT2D eigenvalue weighted by Gasteiger charge is -2.10. The largest absolute Gasteiger partial charge is 0.398 e. The van der Waals surface area contributed by atoms with Crippen molar-refractivity contribution < 1.29 is 4.79 Å². The van der Waals surface area contributed by atoms with Crippen molar-refractivity contribution in [2.75, 3.05) is 12.3 Å². The summed E-state index contributed by atoms with van der Waals surface area (Å²) in [5, 5.41) is 7.06. The molecule has 2 rings (SSSR count). The van der Waals surface area contributed by atoms with Crippen molar-refractivity contribution in [1.29, 1.82) is 0 Å². The fraction of sp³-hybridized carbons (Fsp3) is 0.333. The summed E-state index contributed by atoms with van der Waals surface area (Å²) in [4.78, 5) is 12.1. The molecule has 3 N–H and O–H groups in total. The van der Waals surface area contributed by atoms with Crippen LogP contribution in [-0.2, 0) is 6.54 Å². The lowest BCUT2D eigenvalue weighted by Crippen LogP contribution is -2.28. The maximum absolute atomic E-state index is 12.1. The van der Waals surface area contributed by atoms with E-state index in [1.807, 2.05) is 37.7 Å². The quantitative estimate of drug-likeness (QED) is 0.834. The Kier molecular flexibility index (Phi) is 4.08. The maximum atomic E-state index is 12.1. The molecular weight excluding hydrogens is 252 g/mol. The smallest absolute Gasteiger partial charge is 0.251 e. The third-order valence-corrected chi connectivity index (χ3v) is 3.25. The fourth-order valence-corrected chi connectivity index (χ4v) is 2.08. The standard InChI is InChI=1S/C15H20N4O/c1-10-8-18-19(9-10)5-4-17-15(20)13-7-14(16)12(3)6-11(13)2/h6-9H,4-5,16H2,1-3H3,(H,17,20). The Morgan fingerprint density at radius 3 is 2.70 bits per heavy atom. The van der Waals surface area contributed by atoms with E-state index in [0.29, 0.717) is 24.3 Å². The summed E-state index contributed by atoms with van der Waals surface area (Å²) in [6.07, 6.45) is 3.74. The van der Waals surface area contributed by atoms with E-state index in [-0.39, 0.29) is 5.91 Å². The maximum Gasteiger partial charge on any atom is 0.251 e. The second kappa shape index (κ2) is 5.77. The van der Waals surface area contributed by atoms with E-state index in [4.69, 9.17) is 5.73 Å². The fourth-order valence-electron chi connectivity index (χ4n) is 2.08. The van der Waals surface area contributed by atoms with Crippen molar-refractivity contribution in [1.82, 2.24) is 15.1 Å². The number of hydrogen-bond donors (Lipinski definition) is 2. The average molecular weight is 272 g/mol. The Bertz CT molecular complexity index is 631. The van der Waals surface area contributed by atoms with Crippen LogP contribution in [0.1, 0.15) is 27.0 Å². The van der Waals surface area contributed by atoms with Gasteiger partial charge in [-0.15, -0.1) is 0 Å². The molecule has 1 heterocycles.